The molecule has 0 radical (unpaired) electrons. The van der Waals surface area contributed by atoms with Crippen molar-refractivity contribution in [3.8, 4) is 0 Å². The summed E-state index contributed by atoms with van der Waals surface area (Å²) in [4.78, 5) is 7.49. The molecule has 1 heterocycles. The van der Waals surface area contributed by atoms with Gasteiger partial charge >= 0.3 is 0 Å². The number of aryl methyl sites for hydroxylation is 1. The molecule has 0 amide bonds. The number of H-pyrrole nitrogens is 1. The Balaban J connectivity index is 2.36. The fraction of sp³-hybridized carbons (Fsp3) is 0.500. The third-order valence-electron chi connectivity index (χ3n) is 1.73. The van der Waals surface area contributed by atoms with Crippen molar-refractivity contribution < 1.29 is 0 Å². The highest BCUT2D eigenvalue weighted by atomic mass is 14.8. The summed E-state index contributed by atoms with van der Waals surface area (Å²) in [5.74, 6) is 0. The molecule has 0 saturated heterocycles. The van der Waals surface area contributed by atoms with Crippen molar-refractivity contribution in [3.05, 3.63) is 23.5 Å². The maximum atomic E-state index is 4.29. The summed E-state index contributed by atoms with van der Waals surface area (Å²) in [6.45, 7) is 5.16. The van der Waals surface area contributed by atoms with Crippen LogP contribution in [0.25, 0.3) is 0 Å². The van der Waals surface area contributed by atoms with Gasteiger partial charge in [-0.3, -0.25) is 4.99 Å². The van der Waals surface area contributed by atoms with Gasteiger partial charge in [-0.25, -0.2) is 0 Å². The third kappa shape index (κ3) is 2.91. The number of aliphatic imine (C=N–C) groups is 1. The smallest absolute Gasteiger partial charge is 0.0563 e. The molecule has 1 N–H and O–H groups in total. The normalized spacial score (nSPS) is 11.2. The number of hydrogen-bond acceptors (Lipinski definition) is 1. The van der Waals surface area contributed by atoms with E-state index in [9.17, 15) is 0 Å². The topological polar surface area (TPSA) is 28.1 Å². The Hall–Kier alpha value is -1.05. The molecular weight excluding hydrogens is 148 g/mol. The molecule has 0 aliphatic carbocycles. The first-order valence-corrected chi connectivity index (χ1v) is 4.48. The maximum absolute atomic E-state index is 4.29. The molecule has 0 spiro atoms. The van der Waals surface area contributed by atoms with Gasteiger partial charge in [-0.15, -0.1) is 0 Å². The Morgan fingerprint density at radius 3 is 2.92 bits per heavy atom. The van der Waals surface area contributed by atoms with Crippen LogP contribution in [0.5, 0.6) is 0 Å². The van der Waals surface area contributed by atoms with Gasteiger partial charge in [0.05, 0.1) is 5.69 Å². The standard InChI is InChI=1S/C10H16N2/c1-3-4-7-11-8-10-6-5-9(2)12-10/h5-6,8,12H,3-4,7H2,1-2H3. The van der Waals surface area contributed by atoms with Crippen LogP contribution in [0.2, 0.25) is 0 Å². The minimum Gasteiger partial charge on any atom is -0.358 e. The van der Waals surface area contributed by atoms with Gasteiger partial charge in [0.25, 0.3) is 0 Å². The Morgan fingerprint density at radius 1 is 1.50 bits per heavy atom. The van der Waals surface area contributed by atoms with Crippen molar-refractivity contribution in [3.63, 3.8) is 0 Å². The van der Waals surface area contributed by atoms with Crippen molar-refractivity contribution in [2.75, 3.05) is 6.54 Å². The van der Waals surface area contributed by atoms with Crippen molar-refractivity contribution in [2.24, 2.45) is 4.99 Å². The molecule has 2 heteroatoms. The maximum Gasteiger partial charge on any atom is 0.0563 e. The Labute approximate surface area is 73.7 Å². The predicted octanol–water partition coefficient (Wildman–Crippen LogP) is 2.54. The summed E-state index contributed by atoms with van der Waals surface area (Å²) in [5.41, 5.74) is 2.29. The number of rotatable bonds is 4. The van der Waals surface area contributed by atoms with Crippen molar-refractivity contribution in [2.45, 2.75) is 26.7 Å². The number of hydrogen-bond donors (Lipinski definition) is 1. The van der Waals surface area contributed by atoms with Gasteiger partial charge in [-0.1, -0.05) is 13.3 Å². The first-order chi connectivity index (χ1) is 5.83. The molecule has 1 aromatic heterocycles. The first-order valence-electron chi connectivity index (χ1n) is 4.48. The number of unbranched alkanes of at least 4 members (excludes halogenated alkanes) is 1. The molecule has 0 unspecified atom stereocenters. The van der Waals surface area contributed by atoms with Gasteiger partial charge in [0.2, 0.25) is 0 Å². The molecule has 1 rings (SSSR count). The monoisotopic (exact) mass is 164 g/mol. The third-order valence-corrected chi connectivity index (χ3v) is 1.73. The van der Waals surface area contributed by atoms with Crippen molar-refractivity contribution in [1.82, 2.24) is 4.98 Å². The number of aromatic amines is 1. The van der Waals surface area contributed by atoms with Crippen LogP contribution >= 0.6 is 0 Å². The molecule has 1 aromatic rings. The van der Waals surface area contributed by atoms with E-state index < -0.39 is 0 Å². The number of nitrogens with zero attached hydrogens (tertiary/aromatic N) is 1. The first kappa shape index (κ1) is 9.04. The van der Waals surface area contributed by atoms with E-state index in [-0.39, 0.29) is 0 Å². The molecular formula is C10H16N2. The van der Waals surface area contributed by atoms with Crippen LogP contribution in [-0.2, 0) is 0 Å². The molecule has 0 saturated carbocycles. The fourth-order valence-corrected chi connectivity index (χ4v) is 1.01. The lowest BCUT2D eigenvalue weighted by atomic mass is 10.3. The summed E-state index contributed by atoms with van der Waals surface area (Å²) < 4.78 is 0. The number of nitrogens with one attached hydrogen (secondary N) is 1. The second kappa shape index (κ2) is 4.75. The van der Waals surface area contributed by atoms with Crippen LogP contribution in [0, 0.1) is 6.92 Å². The average molecular weight is 164 g/mol. The highest BCUT2D eigenvalue weighted by molar-refractivity contribution is 5.77. The van der Waals surface area contributed by atoms with Crippen LogP contribution in [0.4, 0.5) is 0 Å². The van der Waals surface area contributed by atoms with Gasteiger partial charge in [-0.2, -0.15) is 0 Å². The highest BCUT2D eigenvalue weighted by Crippen LogP contribution is 1.97. The predicted molar refractivity (Wildman–Crippen MR) is 52.9 cm³/mol. The van der Waals surface area contributed by atoms with E-state index in [4.69, 9.17) is 0 Å². The molecule has 12 heavy (non-hydrogen) atoms. The van der Waals surface area contributed by atoms with Crippen LogP contribution in [0.15, 0.2) is 17.1 Å². The molecule has 0 aliphatic heterocycles. The minimum atomic E-state index is 0.939. The lowest BCUT2D eigenvalue weighted by molar-refractivity contribution is 0.810. The van der Waals surface area contributed by atoms with E-state index in [0.717, 1.165) is 12.2 Å². The molecule has 66 valence electrons. The average Bonchev–Trinajstić information content (AvgIpc) is 2.45. The molecule has 0 bridgehead atoms. The van der Waals surface area contributed by atoms with E-state index in [1.165, 1.54) is 18.5 Å². The van der Waals surface area contributed by atoms with E-state index in [1.807, 2.05) is 19.2 Å². The summed E-state index contributed by atoms with van der Waals surface area (Å²) in [5, 5.41) is 0. The zero-order chi connectivity index (χ0) is 8.81. The molecule has 0 atom stereocenters. The summed E-state index contributed by atoms with van der Waals surface area (Å²) in [6.07, 6.45) is 4.29. The Bertz CT molecular complexity index is 248. The zero-order valence-electron chi connectivity index (χ0n) is 7.80. The van der Waals surface area contributed by atoms with Gasteiger partial charge in [0.15, 0.2) is 0 Å². The fourth-order valence-electron chi connectivity index (χ4n) is 1.01. The zero-order valence-corrected chi connectivity index (χ0v) is 7.80. The lowest BCUT2D eigenvalue weighted by Gasteiger charge is -1.88. The quantitative estimate of drug-likeness (QED) is 0.523. The molecule has 0 fully saturated rings. The summed E-state index contributed by atoms with van der Waals surface area (Å²) in [7, 11) is 0. The van der Waals surface area contributed by atoms with E-state index in [1.54, 1.807) is 0 Å². The summed E-state index contributed by atoms with van der Waals surface area (Å²) >= 11 is 0. The summed E-state index contributed by atoms with van der Waals surface area (Å²) in [6, 6.07) is 4.10. The highest BCUT2D eigenvalue weighted by Gasteiger charge is 1.88. The molecule has 2 nitrogen and oxygen atoms in total. The van der Waals surface area contributed by atoms with Gasteiger partial charge < -0.3 is 4.98 Å². The van der Waals surface area contributed by atoms with Gasteiger partial charge in [0.1, 0.15) is 0 Å². The number of aromatic nitrogens is 1. The van der Waals surface area contributed by atoms with Crippen LogP contribution in [0.3, 0.4) is 0 Å². The van der Waals surface area contributed by atoms with E-state index >= 15 is 0 Å². The second-order valence-corrected chi connectivity index (χ2v) is 2.99. The van der Waals surface area contributed by atoms with Gasteiger partial charge in [-0.05, 0) is 25.5 Å². The lowest BCUT2D eigenvalue weighted by Crippen LogP contribution is -1.84. The minimum absolute atomic E-state index is 0.939. The molecule has 0 aromatic carbocycles. The largest absolute Gasteiger partial charge is 0.358 e. The van der Waals surface area contributed by atoms with Crippen LogP contribution < -0.4 is 0 Å². The molecule has 0 aliphatic rings. The van der Waals surface area contributed by atoms with E-state index in [2.05, 4.69) is 23.0 Å². The SMILES string of the molecule is CCCCN=Cc1ccc(C)[nH]1. The van der Waals surface area contributed by atoms with Crippen molar-refractivity contribution >= 4 is 6.21 Å². The van der Waals surface area contributed by atoms with Crippen LogP contribution in [-0.4, -0.2) is 17.7 Å². The van der Waals surface area contributed by atoms with E-state index in [0.29, 0.717) is 0 Å². The second-order valence-electron chi connectivity index (χ2n) is 2.99. The Morgan fingerprint density at radius 2 is 2.33 bits per heavy atom. The van der Waals surface area contributed by atoms with Gasteiger partial charge in [0, 0.05) is 18.5 Å². The van der Waals surface area contributed by atoms with Crippen LogP contribution in [0.1, 0.15) is 31.2 Å². The Kier molecular flexibility index (Phi) is 3.58. The van der Waals surface area contributed by atoms with Crippen molar-refractivity contribution in [1.29, 1.82) is 0 Å².